The SMILES string of the molecule is CC(=O)Nc1ccc(C(=O)N[C@H](Cc2ccccc2[N+](=O)[O-])C(N)=O)cc1. The Bertz CT molecular complexity index is 880. The fourth-order valence-electron chi connectivity index (χ4n) is 2.45. The molecular weight excluding hydrogens is 352 g/mol. The number of hydrogen-bond donors (Lipinski definition) is 3. The molecule has 0 spiro atoms. The van der Waals surface area contributed by atoms with Crippen molar-refractivity contribution in [3.63, 3.8) is 0 Å². The first-order valence-electron chi connectivity index (χ1n) is 7.98. The minimum atomic E-state index is -1.12. The summed E-state index contributed by atoms with van der Waals surface area (Å²) in [7, 11) is 0. The van der Waals surface area contributed by atoms with E-state index in [-0.39, 0.29) is 29.1 Å². The molecule has 0 saturated heterocycles. The molecule has 9 nitrogen and oxygen atoms in total. The van der Waals surface area contributed by atoms with Gasteiger partial charge < -0.3 is 16.4 Å². The lowest BCUT2D eigenvalue weighted by Gasteiger charge is -2.16. The number of para-hydroxylation sites is 1. The van der Waals surface area contributed by atoms with Gasteiger partial charge in [-0.2, -0.15) is 0 Å². The maximum absolute atomic E-state index is 12.4. The number of nitrogens with two attached hydrogens (primary N) is 1. The second-order valence-electron chi connectivity index (χ2n) is 5.78. The highest BCUT2D eigenvalue weighted by Gasteiger charge is 2.23. The van der Waals surface area contributed by atoms with E-state index < -0.39 is 22.8 Å². The summed E-state index contributed by atoms with van der Waals surface area (Å²) < 4.78 is 0. The first-order valence-corrected chi connectivity index (χ1v) is 7.98. The highest BCUT2D eigenvalue weighted by atomic mass is 16.6. The van der Waals surface area contributed by atoms with Crippen LogP contribution in [0.15, 0.2) is 48.5 Å². The largest absolute Gasteiger partial charge is 0.368 e. The maximum Gasteiger partial charge on any atom is 0.272 e. The van der Waals surface area contributed by atoms with Crippen molar-refractivity contribution in [3.8, 4) is 0 Å². The molecule has 0 unspecified atom stereocenters. The van der Waals surface area contributed by atoms with Crippen molar-refractivity contribution in [1.29, 1.82) is 0 Å². The minimum absolute atomic E-state index is 0.109. The van der Waals surface area contributed by atoms with Crippen molar-refractivity contribution >= 4 is 29.1 Å². The third-order valence-corrected chi connectivity index (χ3v) is 3.73. The highest BCUT2D eigenvalue weighted by Crippen LogP contribution is 2.19. The Hall–Kier alpha value is -3.75. The topological polar surface area (TPSA) is 144 Å². The van der Waals surface area contributed by atoms with Crippen molar-refractivity contribution in [2.75, 3.05) is 5.32 Å². The van der Waals surface area contributed by atoms with Crippen LogP contribution in [0.5, 0.6) is 0 Å². The molecule has 9 heteroatoms. The van der Waals surface area contributed by atoms with Gasteiger partial charge in [-0.25, -0.2) is 0 Å². The molecule has 2 rings (SSSR count). The number of primary amides is 1. The van der Waals surface area contributed by atoms with Gasteiger partial charge in [0.05, 0.1) is 4.92 Å². The van der Waals surface area contributed by atoms with Crippen molar-refractivity contribution in [2.45, 2.75) is 19.4 Å². The summed E-state index contributed by atoms with van der Waals surface area (Å²) in [6, 6.07) is 10.8. The van der Waals surface area contributed by atoms with Crippen LogP contribution in [0.4, 0.5) is 11.4 Å². The van der Waals surface area contributed by atoms with Crippen LogP contribution in [-0.2, 0) is 16.0 Å². The Balaban J connectivity index is 2.14. The summed E-state index contributed by atoms with van der Waals surface area (Å²) in [5, 5.41) is 16.2. The second kappa shape index (κ2) is 8.56. The van der Waals surface area contributed by atoms with E-state index in [0.717, 1.165) is 0 Å². The molecule has 0 aromatic heterocycles. The van der Waals surface area contributed by atoms with Crippen LogP contribution in [0.2, 0.25) is 0 Å². The second-order valence-corrected chi connectivity index (χ2v) is 5.78. The number of carbonyl (C=O) groups excluding carboxylic acids is 3. The first kappa shape index (κ1) is 19.6. The van der Waals surface area contributed by atoms with Gasteiger partial charge in [-0.15, -0.1) is 0 Å². The molecule has 0 heterocycles. The lowest BCUT2D eigenvalue weighted by atomic mass is 10.0. The van der Waals surface area contributed by atoms with Gasteiger partial charge in [0.1, 0.15) is 6.04 Å². The number of nitrogens with zero attached hydrogens (tertiary/aromatic N) is 1. The molecular formula is C18H18N4O5. The molecule has 0 aliphatic heterocycles. The van der Waals surface area contributed by atoms with Crippen LogP contribution < -0.4 is 16.4 Å². The third kappa shape index (κ3) is 5.36. The summed E-state index contributed by atoms with van der Waals surface area (Å²) in [6.07, 6.45) is -0.109. The Morgan fingerprint density at radius 3 is 2.30 bits per heavy atom. The van der Waals surface area contributed by atoms with E-state index >= 15 is 0 Å². The van der Waals surface area contributed by atoms with E-state index in [0.29, 0.717) is 5.69 Å². The van der Waals surface area contributed by atoms with Crippen LogP contribution >= 0.6 is 0 Å². The van der Waals surface area contributed by atoms with Crippen molar-refractivity contribution in [2.24, 2.45) is 5.73 Å². The lowest BCUT2D eigenvalue weighted by Crippen LogP contribution is -2.45. The van der Waals surface area contributed by atoms with Gasteiger partial charge in [0.2, 0.25) is 11.8 Å². The summed E-state index contributed by atoms with van der Waals surface area (Å²) in [5.41, 5.74) is 6.24. The Kier molecular flexibility index (Phi) is 6.21. The normalized spacial score (nSPS) is 11.3. The van der Waals surface area contributed by atoms with Crippen LogP contribution in [0.1, 0.15) is 22.8 Å². The van der Waals surface area contributed by atoms with E-state index in [1.54, 1.807) is 6.07 Å². The number of hydrogen-bond acceptors (Lipinski definition) is 5. The van der Waals surface area contributed by atoms with E-state index in [1.807, 2.05) is 0 Å². The number of rotatable bonds is 7. The molecule has 0 bridgehead atoms. The van der Waals surface area contributed by atoms with Gasteiger partial charge in [0.15, 0.2) is 0 Å². The van der Waals surface area contributed by atoms with Crippen molar-refractivity contribution < 1.29 is 19.3 Å². The molecule has 1 atom stereocenters. The fourth-order valence-corrected chi connectivity index (χ4v) is 2.45. The molecule has 3 amide bonds. The molecule has 0 radical (unpaired) electrons. The molecule has 27 heavy (non-hydrogen) atoms. The quantitative estimate of drug-likeness (QED) is 0.498. The average Bonchev–Trinajstić information content (AvgIpc) is 2.61. The lowest BCUT2D eigenvalue weighted by molar-refractivity contribution is -0.385. The zero-order chi connectivity index (χ0) is 20.0. The van der Waals surface area contributed by atoms with Crippen molar-refractivity contribution in [3.05, 3.63) is 69.8 Å². The van der Waals surface area contributed by atoms with Gasteiger partial charge in [0.25, 0.3) is 11.6 Å². The van der Waals surface area contributed by atoms with Gasteiger partial charge in [-0.1, -0.05) is 18.2 Å². The zero-order valence-electron chi connectivity index (χ0n) is 14.5. The standard InChI is InChI=1S/C18H18N4O5/c1-11(23)20-14-8-6-12(7-9-14)18(25)21-15(17(19)24)10-13-4-2-3-5-16(13)22(26)27/h2-9,15H,10H2,1H3,(H2,19,24)(H,20,23)(H,21,25)/t15-/m1/s1. The van der Waals surface area contributed by atoms with Gasteiger partial charge in [-0.05, 0) is 24.3 Å². The smallest absolute Gasteiger partial charge is 0.272 e. The fraction of sp³-hybridized carbons (Fsp3) is 0.167. The van der Waals surface area contributed by atoms with Crippen LogP contribution in [-0.4, -0.2) is 28.7 Å². The molecule has 0 aliphatic carbocycles. The van der Waals surface area contributed by atoms with Crippen molar-refractivity contribution in [1.82, 2.24) is 5.32 Å². The predicted octanol–water partition coefficient (Wildman–Crippen LogP) is 1.38. The third-order valence-electron chi connectivity index (χ3n) is 3.73. The van der Waals surface area contributed by atoms with Crippen LogP contribution in [0, 0.1) is 10.1 Å². The first-order chi connectivity index (χ1) is 12.8. The van der Waals surface area contributed by atoms with Gasteiger partial charge in [-0.3, -0.25) is 24.5 Å². The summed E-state index contributed by atoms with van der Waals surface area (Å²) >= 11 is 0. The van der Waals surface area contributed by atoms with Gasteiger partial charge in [0, 0.05) is 36.2 Å². The number of nitro groups is 1. The highest BCUT2D eigenvalue weighted by molar-refractivity contribution is 5.98. The number of anilines is 1. The van der Waals surface area contributed by atoms with Crippen LogP contribution in [0.3, 0.4) is 0 Å². The molecule has 4 N–H and O–H groups in total. The zero-order valence-corrected chi connectivity index (χ0v) is 14.5. The van der Waals surface area contributed by atoms with Gasteiger partial charge >= 0.3 is 0 Å². The minimum Gasteiger partial charge on any atom is -0.368 e. The van der Waals surface area contributed by atoms with E-state index in [9.17, 15) is 24.5 Å². The molecule has 2 aromatic rings. The Morgan fingerprint density at radius 1 is 1.11 bits per heavy atom. The molecule has 0 saturated carbocycles. The summed E-state index contributed by atoms with van der Waals surface area (Å²) in [4.78, 5) is 45.6. The Morgan fingerprint density at radius 2 is 1.74 bits per heavy atom. The number of benzene rings is 2. The van der Waals surface area contributed by atoms with E-state index in [1.165, 1.54) is 49.4 Å². The molecule has 2 aromatic carbocycles. The molecule has 0 aliphatic rings. The van der Waals surface area contributed by atoms with E-state index in [4.69, 9.17) is 5.73 Å². The molecule has 140 valence electrons. The van der Waals surface area contributed by atoms with E-state index in [2.05, 4.69) is 10.6 Å². The summed E-state index contributed by atoms with van der Waals surface area (Å²) in [6.45, 7) is 1.36. The number of nitro benzene ring substituents is 1. The average molecular weight is 370 g/mol. The Labute approximate surface area is 154 Å². The van der Waals surface area contributed by atoms with Crippen LogP contribution in [0.25, 0.3) is 0 Å². The monoisotopic (exact) mass is 370 g/mol. The summed E-state index contributed by atoms with van der Waals surface area (Å²) in [5.74, 6) is -1.62. The molecule has 0 fully saturated rings. The maximum atomic E-state index is 12.4. The number of nitrogens with one attached hydrogen (secondary N) is 2. The number of carbonyl (C=O) groups is 3. The number of amides is 3. The predicted molar refractivity (Wildman–Crippen MR) is 98.0 cm³/mol.